The monoisotopic (exact) mass is 273 g/mol. The molecule has 0 aliphatic carbocycles. The predicted molar refractivity (Wildman–Crippen MR) is 76.7 cm³/mol. The Hall–Kier alpha value is -2.20. The van der Waals surface area contributed by atoms with Crippen molar-refractivity contribution >= 4 is 11.6 Å². The molecule has 0 unspecified atom stereocenters. The summed E-state index contributed by atoms with van der Waals surface area (Å²) in [4.78, 5) is 11.8. The number of hydrogen-bond acceptors (Lipinski definition) is 1. The molecule has 1 amide bonds. The van der Waals surface area contributed by atoms with Crippen molar-refractivity contribution in [3.8, 4) is 0 Å². The second kappa shape index (κ2) is 6.82. The summed E-state index contributed by atoms with van der Waals surface area (Å²) in [6, 6.07) is 16.3. The molecule has 2 aromatic carbocycles. The van der Waals surface area contributed by atoms with Gasteiger partial charge in [0, 0.05) is 5.56 Å². The molecule has 0 aliphatic heterocycles. The van der Waals surface area contributed by atoms with Crippen molar-refractivity contribution in [2.24, 2.45) is 0 Å². The minimum Gasteiger partial charge on any atom is -0.333 e. The van der Waals surface area contributed by atoms with E-state index in [1.807, 2.05) is 42.6 Å². The van der Waals surface area contributed by atoms with Gasteiger partial charge in [-0.3, -0.25) is 4.79 Å². The van der Waals surface area contributed by atoms with Gasteiger partial charge >= 0.3 is 0 Å². The first-order valence-corrected chi connectivity index (χ1v) is 6.59. The molecule has 0 radical (unpaired) electrons. The van der Waals surface area contributed by atoms with E-state index < -0.39 is 5.82 Å². The highest BCUT2D eigenvalue weighted by Gasteiger charge is 2.12. The van der Waals surface area contributed by atoms with Gasteiger partial charge < -0.3 is 10.6 Å². The third kappa shape index (κ3) is 3.90. The summed E-state index contributed by atoms with van der Waals surface area (Å²) >= 11 is 0. The van der Waals surface area contributed by atoms with Crippen molar-refractivity contribution in [3.63, 3.8) is 0 Å². The highest BCUT2D eigenvalue weighted by molar-refractivity contribution is 5.91. The van der Waals surface area contributed by atoms with E-state index in [1.165, 1.54) is 6.07 Å². The van der Waals surface area contributed by atoms with Crippen LogP contribution in [0.4, 0.5) is 10.1 Å². The van der Waals surface area contributed by atoms with Crippen LogP contribution in [-0.2, 0) is 4.79 Å². The maximum absolute atomic E-state index is 13.4. The summed E-state index contributed by atoms with van der Waals surface area (Å²) in [5, 5.41) is 4.49. The first kappa shape index (κ1) is 14.2. The molecule has 0 saturated carbocycles. The quantitative estimate of drug-likeness (QED) is 0.861. The van der Waals surface area contributed by atoms with E-state index in [2.05, 4.69) is 5.32 Å². The van der Waals surface area contributed by atoms with Gasteiger partial charge in [0.2, 0.25) is 0 Å². The number of carbonyl (C=O) groups excluding carboxylic acids is 1. The van der Waals surface area contributed by atoms with Gasteiger partial charge in [-0.25, -0.2) is 4.39 Å². The fraction of sp³-hybridized carbons (Fsp3) is 0.188. The minimum absolute atomic E-state index is 0.183. The molecule has 3 nitrogen and oxygen atoms in total. The van der Waals surface area contributed by atoms with Crippen LogP contribution in [0.25, 0.3) is 0 Å². The molecular formula is C16H18FN2O+. The lowest BCUT2D eigenvalue weighted by Gasteiger charge is -2.11. The van der Waals surface area contributed by atoms with E-state index >= 15 is 0 Å². The molecule has 104 valence electrons. The zero-order chi connectivity index (χ0) is 14.4. The summed E-state index contributed by atoms with van der Waals surface area (Å²) in [6.45, 7) is 2.29. The SMILES string of the molecule is C[C@@H]([NH2+]CC(=O)Nc1ccccc1F)c1ccccc1. The molecule has 4 heteroatoms. The van der Waals surface area contributed by atoms with Crippen LogP contribution in [0.1, 0.15) is 18.5 Å². The molecule has 0 aliphatic rings. The van der Waals surface area contributed by atoms with Crippen LogP contribution in [0.5, 0.6) is 0 Å². The molecule has 0 spiro atoms. The van der Waals surface area contributed by atoms with Gasteiger partial charge in [-0.15, -0.1) is 0 Å². The molecule has 0 bridgehead atoms. The molecule has 0 fully saturated rings. The molecule has 0 heterocycles. The molecule has 0 aromatic heterocycles. The maximum atomic E-state index is 13.4. The molecule has 20 heavy (non-hydrogen) atoms. The number of rotatable bonds is 5. The minimum atomic E-state index is -0.419. The van der Waals surface area contributed by atoms with Crippen LogP contribution in [0.2, 0.25) is 0 Å². The van der Waals surface area contributed by atoms with Crippen LogP contribution in [0, 0.1) is 5.82 Å². The van der Waals surface area contributed by atoms with Gasteiger partial charge in [0.15, 0.2) is 6.54 Å². The van der Waals surface area contributed by atoms with Crippen LogP contribution in [-0.4, -0.2) is 12.5 Å². The Labute approximate surface area is 117 Å². The van der Waals surface area contributed by atoms with E-state index in [0.29, 0.717) is 0 Å². The fourth-order valence-corrected chi connectivity index (χ4v) is 1.94. The Morgan fingerprint density at radius 1 is 1.15 bits per heavy atom. The van der Waals surface area contributed by atoms with Crippen LogP contribution < -0.4 is 10.6 Å². The lowest BCUT2D eigenvalue weighted by molar-refractivity contribution is -0.682. The zero-order valence-corrected chi connectivity index (χ0v) is 11.3. The van der Waals surface area contributed by atoms with Gasteiger partial charge in [-0.1, -0.05) is 42.5 Å². The van der Waals surface area contributed by atoms with Crippen molar-refractivity contribution in [2.75, 3.05) is 11.9 Å². The number of anilines is 1. The lowest BCUT2D eigenvalue weighted by Crippen LogP contribution is -2.86. The Kier molecular flexibility index (Phi) is 4.85. The molecule has 2 rings (SSSR count). The van der Waals surface area contributed by atoms with E-state index in [4.69, 9.17) is 0 Å². The summed E-state index contributed by atoms with van der Waals surface area (Å²) in [5.74, 6) is -0.630. The number of nitrogens with two attached hydrogens (primary N) is 1. The number of quaternary nitrogens is 1. The van der Waals surface area contributed by atoms with E-state index in [0.717, 1.165) is 5.56 Å². The van der Waals surface area contributed by atoms with Crippen LogP contribution >= 0.6 is 0 Å². The standard InChI is InChI=1S/C16H17FN2O/c1-12(13-7-3-2-4-8-13)18-11-16(20)19-15-10-6-5-9-14(15)17/h2-10,12,18H,11H2,1H3,(H,19,20)/p+1/t12-/m1/s1. The number of amides is 1. The van der Waals surface area contributed by atoms with Gasteiger partial charge in [0.05, 0.1) is 5.69 Å². The number of benzene rings is 2. The molecule has 2 aromatic rings. The maximum Gasteiger partial charge on any atom is 0.279 e. The average molecular weight is 273 g/mol. The van der Waals surface area contributed by atoms with Crippen LogP contribution in [0.3, 0.4) is 0 Å². The summed E-state index contributed by atoms with van der Waals surface area (Å²) in [7, 11) is 0. The Morgan fingerprint density at radius 3 is 2.50 bits per heavy atom. The largest absolute Gasteiger partial charge is 0.333 e. The Bertz CT molecular complexity index is 572. The number of carbonyl (C=O) groups is 1. The average Bonchev–Trinajstić information content (AvgIpc) is 2.48. The van der Waals surface area contributed by atoms with Gasteiger partial charge in [-0.2, -0.15) is 0 Å². The summed E-state index contributed by atoms with van der Waals surface area (Å²) in [5.41, 5.74) is 1.38. The Balaban J connectivity index is 1.85. The zero-order valence-electron chi connectivity index (χ0n) is 11.3. The van der Waals surface area contributed by atoms with Gasteiger partial charge in [-0.05, 0) is 19.1 Å². The first-order valence-electron chi connectivity index (χ1n) is 6.59. The second-order valence-corrected chi connectivity index (χ2v) is 4.67. The lowest BCUT2D eigenvalue weighted by atomic mass is 10.1. The van der Waals surface area contributed by atoms with Gasteiger partial charge in [0.1, 0.15) is 11.9 Å². The van der Waals surface area contributed by atoms with Crippen molar-refractivity contribution in [3.05, 3.63) is 66.0 Å². The molecular weight excluding hydrogens is 255 g/mol. The highest BCUT2D eigenvalue weighted by atomic mass is 19.1. The third-order valence-electron chi connectivity index (χ3n) is 3.13. The van der Waals surface area contributed by atoms with E-state index in [1.54, 1.807) is 18.2 Å². The summed E-state index contributed by atoms with van der Waals surface area (Å²) < 4.78 is 13.4. The molecule has 3 N–H and O–H groups in total. The number of nitrogens with one attached hydrogen (secondary N) is 1. The fourth-order valence-electron chi connectivity index (χ4n) is 1.94. The van der Waals surface area contributed by atoms with E-state index in [-0.39, 0.29) is 24.2 Å². The number of hydrogen-bond donors (Lipinski definition) is 2. The molecule has 0 saturated heterocycles. The second-order valence-electron chi connectivity index (χ2n) is 4.67. The topological polar surface area (TPSA) is 45.7 Å². The smallest absolute Gasteiger partial charge is 0.279 e. The highest BCUT2D eigenvalue weighted by Crippen LogP contribution is 2.11. The first-order chi connectivity index (χ1) is 9.66. The number of para-hydroxylation sites is 1. The van der Waals surface area contributed by atoms with Crippen molar-refractivity contribution in [1.82, 2.24) is 0 Å². The van der Waals surface area contributed by atoms with Crippen molar-refractivity contribution < 1.29 is 14.5 Å². The predicted octanol–water partition coefficient (Wildman–Crippen LogP) is 2.09. The van der Waals surface area contributed by atoms with Gasteiger partial charge in [0.25, 0.3) is 5.91 Å². The normalized spacial score (nSPS) is 11.9. The third-order valence-corrected chi connectivity index (χ3v) is 3.13. The van der Waals surface area contributed by atoms with Crippen molar-refractivity contribution in [1.29, 1.82) is 0 Å². The Morgan fingerprint density at radius 2 is 1.80 bits per heavy atom. The molecule has 1 atom stereocenters. The van der Waals surface area contributed by atoms with Crippen LogP contribution in [0.15, 0.2) is 54.6 Å². The van der Waals surface area contributed by atoms with Crippen molar-refractivity contribution in [2.45, 2.75) is 13.0 Å². The number of halogens is 1. The van der Waals surface area contributed by atoms with E-state index in [9.17, 15) is 9.18 Å². The summed E-state index contributed by atoms with van der Waals surface area (Å²) in [6.07, 6.45) is 0.